The molecule has 4 rings (SSSR count). The Hall–Kier alpha value is -3.13. The number of ether oxygens (including phenoxy) is 2. The summed E-state index contributed by atoms with van der Waals surface area (Å²) in [5.74, 6) is 1.41. The third-order valence-electron chi connectivity index (χ3n) is 5.29. The van der Waals surface area contributed by atoms with Crippen LogP contribution in [0, 0.1) is 0 Å². The van der Waals surface area contributed by atoms with Gasteiger partial charge in [0.2, 0.25) is 0 Å². The van der Waals surface area contributed by atoms with Crippen molar-refractivity contribution in [1.82, 2.24) is 14.9 Å². The number of carbonyl (C=O) groups excluding carboxylic acids is 1. The number of hydrogen-bond donors (Lipinski definition) is 1. The third kappa shape index (κ3) is 3.95. The zero-order valence-corrected chi connectivity index (χ0v) is 17.7. The zero-order valence-electron chi connectivity index (χ0n) is 16.9. The first kappa shape index (κ1) is 20.2. The number of rotatable bonds is 5. The molecule has 3 heterocycles. The van der Waals surface area contributed by atoms with Gasteiger partial charge in [-0.2, -0.15) is 11.3 Å². The van der Waals surface area contributed by atoms with Crippen molar-refractivity contribution in [2.75, 3.05) is 20.8 Å². The monoisotopic (exact) mass is 425 g/mol. The Morgan fingerprint density at radius 2 is 2.07 bits per heavy atom. The number of hydrogen-bond acceptors (Lipinski definition) is 6. The molecule has 2 aromatic heterocycles. The number of likely N-dealkylation sites (tertiary alicyclic amines) is 1. The highest BCUT2D eigenvalue weighted by atomic mass is 32.1. The Morgan fingerprint density at radius 3 is 2.80 bits per heavy atom. The molecule has 156 valence electrons. The fraction of sp³-hybridized carbons (Fsp3) is 0.318. The molecule has 8 heteroatoms. The molecule has 1 fully saturated rings. The van der Waals surface area contributed by atoms with Gasteiger partial charge in [0, 0.05) is 23.6 Å². The molecule has 3 aromatic rings. The van der Waals surface area contributed by atoms with Crippen LogP contribution in [0.15, 0.2) is 45.9 Å². The summed E-state index contributed by atoms with van der Waals surface area (Å²) in [6.07, 6.45) is 2.58. The number of nitrogens with zero attached hydrogens (tertiary/aromatic N) is 2. The van der Waals surface area contributed by atoms with Gasteiger partial charge in [0.15, 0.2) is 0 Å². The van der Waals surface area contributed by atoms with Crippen LogP contribution in [0.25, 0.3) is 11.3 Å². The van der Waals surface area contributed by atoms with Crippen LogP contribution in [-0.2, 0) is 0 Å². The lowest BCUT2D eigenvalue weighted by Gasteiger charge is -2.35. The van der Waals surface area contributed by atoms with E-state index in [1.54, 1.807) is 41.5 Å². The molecule has 0 saturated carbocycles. The van der Waals surface area contributed by atoms with E-state index in [4.69, 9.17) is 14.5 Å². The molecule has 0 spiro atoms. The minimum Gasteiger partial charge on any atom is -0.497 e. The quantitative estimate of drug-likeness (QED) is 0.671. The van der Waals surface area contributed by atoms with Crippen molar-refractivity contribution >= 4 is 17.2 Å². The van der Waals surface area contributed by atoms with Gasteiger partial charge in [-0.05, 0) is 48.9 Å². The number of methoxy groups -OCH3 is 2. The number of carbonyl (C=O) groups is 1. The van der Waals surface area contributed by atoms with Gasteiger partial charge in [0.25, 0.3) is 11.5 Å². The smallest absolute Gasteiger partial charge is 0.258 e. The van der Waals surface area contributed by atoms with Crippen molar-refractivity contribution in [3.05, 3.63) is 62.8 Å². The number of H-pyrrole nitrogens is 1. The molecule has 1 atom stereocenters. The summed E-state index contributed by atoms with van der Waals surface area (Å²) in [4.78, 5) is 35.2. The summed E-state index contributed by atoms with van der Waals surface area (Å²) in [6.45, 7) is 0.580. The van der Waals surface area contributed by atoms with Crippen molar-refractivity contribution in [3.63, 3.8) is 0 Å². The zero-order chi connectivity index (χ0) is 21.1. The molecule has 0 aliphatic carbocycles. The average Bonchev–Trinajstić information content (AvgIpc) is 3.33. The second kappa shape index (κ2) is 8.71. The average molecular weight is 426 g/mol. The number of nitrogens with one attached hydrogen (secondary N) is 1. The van der Waals surface area contributed by atoms with E-state index in [0.29, 0.717) is 35.1 Å². The van der Waals surface area contributed by atoms with Gasteiger partial charge in [-0.15, -0.1) is 0 Å². The largest absolute Gasteiger partial charge is 0.497 e. The highest BCUT2D eigenvalue weighted by Gasteiger charge is 2.32. The van der Waals surface area contributed by atoms with Crippen LogP contribution in [-0.4, -0.2) is 41.5 Å². The SMILES string of the molecule is COc1ccc(OC)c(C(=O)N2CCCC[C@H]2c2nc(-c3ccsc3)cc(=O)[nH]2)c1. The number of aromatic nitrogens is 2. The molecule has 0 radical (unpaired) electrons. The Labute approximate surface area is 178 Å². The number of benzene rings is 1. The van der Waals surface area contributed by atoms with E-state index < -0.39 is 0 Å². The first-order valence-electron chi connectivity index (χ1n) is 9.77. The molecule has 1 saturated heterocycles. The van der Waals surface area contributed by atoms with Crippen LogP contribution in [0.5, 0.6) is 11.5 Å². The van der Waals surface area contributed by atoms with Gasteiger partial charge < -0.3 is 19.4 Å². The van der Waals surface area contributed by atoms with Crippen LogP contribution in [0.1, 0.15) is 41.5 Å². The number of aromatic amines is 1. The van der Waals surface area contributed by atoms with Crippen LogP contribution in [0.4, 0.5) is 0 Å². The maximum Gasteiger partial charge on any atom is 0.258 e. The highest BCUT2D eigenvalue weighted by molar-refractivity contribution is 7.08. The van der Waals surface area contributed by atoms with Gasteiger partial charge in [-0.3, -0.25) is 9.59 Å². The molecule has 7 nitrogen and oxygen atoms in total. The summed E-state index contributed by atoms with van der Waals surface area (Å²) in [6, 6.07) is 8.28. The molecule has 1 aromatic carbocycles. The minimum absolute atomic E-state index is 0.168. The van der Waals surface area contributed by atoms with Gasteiger partial charge in [0.1, 0.15) is 17.3 Å². The van der Waals surface area contributed by atoms with Crippen LogP contribution >= 0.6 is 11.3 Å². The van der Waals surface area contributed by atoms with Crippen molar-refractivity contribution in [2.24, 2.45) is 0 Å². The maximum atomic E-state index is 13.5. The molecular weight excluding hydrogens is 402 g/mol. The standard InChI is InChI=1S/C22H23N3O4S/c1-28-15-6-7-19(29-2)16(11-15)22(27)25-9-4-3-5-18(25)21-23-17(12-20(26)24-21)14-8-10-30-13-14/h6-8,10-13,18H,3-5,9H2,1-2H3,(H,23,24,26)/t18-/m0/s1. The normalized spacial score (nSPS) is 16.3. The van der Waals surface area contributed by atoms with E-state index in [9.17, 15) is 9.59 Å². The first-order chi connectivity index (χ1) is 14.6. The summed E-state index contributed by atoms with van der Waals surface area (Å²) in [5.41, 5.74) is 1.72. The maximum absolute atomic E-state index is 13.5. The summed E-state index contributed by atoms with van der Waals surface area (Å²) in [7, 11) is 3.10. The first-order valence-corrected chi connectivity index (χ1v) is 10.7. The van der Waals surface area contributed by atoms with Crippen molar-refractivity contribution in [3.8, 4) is 22.8 Å². The van der Waals surface area contributed by atoms with Crippen molar-refractivity contribution in [1.29, 1.82) is 0 Å². The predicted molar refractivity (Wildman–Crippen MR) is 115 cm³/mol. The second-order valence-electron chi connectivity index (χ2n) is 7.10. The Kier molecular flexibility index (Phi) is 5.85. The lowest BCUT2D eigenvalue weighted by Crippen LogP contribution is -2.40. The fourth-order valence-electron chi connectivity index (χ4n) is 3.79. The van der Waals surface area contributed by atoms with E-state index in [2.05, 4.69) is 4.98 Å². The third-order valence-corrected chi connectivity index (χ3v) is 5.98. The topological polar surface area (TPSA) is 84.5 Å². The van der Waals surface area contributed by atoms with Crippen LogP contribution < -0.4 is 15.0 Å². The molecule has 1 amide bonds. The predicted octanol–water partition coefficient (Wildman–Crippen LogP) is 3.88. The van der Waals surface area contributed by atoms with E-state index in [-0.39, 0.29) is 17.5 Å². The second-order valence-corrected chi connectivity index (χ2v) is 7.88. The summed E-state index contributed by atoms with van der Waals surface area (Å²) < 4.78 is 10.7. The van der Waals surface area contributed by atoms with Gasteiger partial charge in [-0.25, -0.2) is 4.98 Å². The molecule has 0 bridgehead atoms. The van der Waals surface area contributed by atoms with Crippen molar-refractivity contribution in [2.45, 2.75) is 25.3 Å². The van der Waals surface area contributed by atoms with Crippen LogP contribution in [0.3, 0.4) is 0 Å². The molecule has 1 aliphatic heterocycles. The van der Waals surface area contributed by atoms with Gasteiger partial charge in [-0.1, -0.05) is 0 Å². The fourth-order valence-corrected chi connectivity index (χ4v) is 4.44. The number of amides is 1. The van der Waals surface area contributed by atoms with Crippen LogP contribution in [0.2, 0.25) is 0 Å². The van der Waals surface area contributed by atoms with E-state index in [0.717, 1.165) is 24.8 Å². The van der Waals surface area contributed by atoms with E-state index in [1.165, 1.54) is 13.2 Å². The van der Waals surface area contributed by atoms with Crippen molar-refractivity contribution < 1.29 is 14.3 Å². The van der Waals surface area contributed by atoms with E-state index in [1.807, 2.05) is 16.8 Å². The lowest BCUT2D eigenvalue weighted by molar-refractivity contribution is 0.0596. The molecular formula is C22H23N3O4S. The van der Waals surface area contributed by atoms with Gasteiger partial charge >= 0.3 is 0 Å². The molecule has 0 unspecified atom stereocenters. The summed E-state index contributed by atoms with van der Waals surface area (Å²) in [5, 5.41) is 3.90. The Bertz CT molecular complexity index is 1090. The summed E-state index contributed by atoms with van der Waals surface area (Å²) >= 11 is 1.55. The lowest BCUT2D eigenvalue weighted by atomic mass is 9.99. The van der Waals surface area contributed by atoms with Gasteiger partial charge in [0.05, 0.1) is 31.5 Å². The van der Waals surface area contributed by atoms with E-state index >= 15 is 0 Å². The molecule has 1 aliphatic rings. The highest BCUT2D eigenvalue weighted by Crippen LogP contribution is 2.33. The number of thiophene rings is 1. The molecule has 1 N–H and O–H groups in total. The number of piperidine rings is 1. The Morgan fingerprint density at radius 1 is 1.20 bits per heavy atom. The minimum atomic E-state index is -0.312. The Balaban J connectivity index is 1.73. The molecule has 30 heavy (non-hydrogen) atoms.